The molecule has 7 heteroatoms. The van der Waals surface area contributed by atoms with Crippen molar-refractivity contribution < 1.29 is 9.53 Å². The number of hydrogen-bond acceptors (Lipinski definition) is 5. The molecule has 1 unspecified atom stereocenters. The van der Waals surface area contributed by atoms with E-state index in [0.717, 1.165) is 12.2 Å². The molecule has 0 bridgehead atoms. The van der Waals surface area contributed by atoms with Crippen LogP contribution in [0.1, 0.15) is 29.9 Å². The maximum atomic E-state index is 11.9. The molecule has 0 aliphatic rings. The van der Waals surface area contributed by atoms with E-state index >= 15 is 0 Å². The molecule has 2 heterocycles. The van der Waals surface area contributed by atoms with E-state index in [1.54, 1.807) is 24.0 Å². The minimum Gasteiger partial charge on any atom is -0.462 e. The third kappa shape index (κ3) is 3.91. The molecule has 0 aliphatic carbocycles. The summed E-state index contributed by atoms with van der Waals surface area (Å²) in [5, 5.41) is 11.7. The monoisotopic (exact) mass is 291 g/mol. The molecular formula is C14H21N5O2. The first-order valence-corrected chi connectivity index (χ1v) is 7.00. The smallest absolute Gasteiger partial charge is 0.341 e. The summed E-state index contributed by atoms with van der Waals surface area (Å²) < 4.78 is 8.60. The first-order chi connectivity index (χ1) is 10.1. The fraction of sp³-hybridized carbons (Fsp3) is 0.500. The van der Waals surface area contributed by atoms with Gasteiger partial charge in [-0.15, -0.1) is 0 Å². The zero-order valence-corrected chi connectivity index (χ0v) is 12.6. The van der Waals surface area contributed by atoms with Crippen LogP contribution in [-0.4, -0.2) is 38.2 Å². The molecule has 0 fully saturated rings. The lowest BCUT2D eigenvalue weighted by Gasteiger charge is -2.14. The third-order valence-electron chi connectivity index (χ3n) is 3.19. The lowest BCUT2D eigenvalue weighted by atomic mass is 10.2. The molecule has 2 rings (SSSR count). The van der Waals surface area contributed by atoms with Gasteiger partial charge in [-0.1, -0.05) is 0 Å². The molecule has 0 spiro atoms. The van der Waals surface area contributed by atoms with Crippen molar-refractivity contribution in [1.29, 1.82) is 0 Å². The lowest BCUT2D eigenvalue weighted by Crippen LogP contribution is -2.31. The van der Waals surface area contributed by atoms with Gasteiger partial charge in [0.25, 0.3) is 0 Å². The molecule has 0 aromatic carbocycles. The highest BCUT2D eigenvalue weighted by Gasteiger charge is 2.17. The Balaban J connectivity index is 1.96. The van der Waals surface area contributed by atoms with Crippen LogP contribution in [0.3, 0.4) is 0 Å². The minimum atomic E-state index is -0.331. The van der Waals surface area contributed by atoms with Crippen LogP contribution < -0.4 is 5.32 Å². The molecule has 1 N–H and O–H groups in total. The summed E-state index contributed by atoms with van der Waals surface area (Å²) >= 11 is 0. The Morgan fingerprint density at radius 1 is 1.48 bits per heavy atom. The Labute approximate surface area is 123 Å². The first-order valence-electron chi connectivity index (χ1n) is 7.00. The summed E-state index contributed by atoms with van der Waals surface area (Å²) in [6.07, 6.45) is 5.23. The van der Waals surface area contributed by atoms with Gasteiger partial charge in [-0.2, -0.15) is 10.2 Å². The molecule has 2 aromatic rings. The van der Waals surface area contributed by atoms with E-state index in [2.05, 4.69) is 22.4 Å². The Hall–Kier alpha value is -2.15. The van der Waals surface area contributed by atoms with Gasteiger partial charge in [0.05, 0.1) is 25.0 Å². The average Bonchev–Trinajstić information content (AvgIpc) is 3.06. The molecule has 0 aliphatic heterocycles. The normalized spacial score (nSPS) is 12.3. The maximum absolute atomic E-state index is 11.9. The number of carbonyl (C=O) groups is 1. The predicted octanol–water partition coefficient (Wildman–Crippen LogP) is 0.972. The Morgan fingerprint density at radius 3 is 2.95 bits per heavy atom. The van der Waals surface area contributed by atoms with E-state index in [1.807, 2.05) is 24.0 Å². The Morgan fingerprint density at radius 2 is 2.29 bits per heavy atom. The van der Waals surface area contributed by atoms with Gasteiger partial charge >= 0.3 is 5.97 Å². The summed E-state index contributed by atoms with van der Waals surface area (Å²) in [6, 6.07) is 2.11. The number of nitrogens with one attached hydrogen (secondary N) is 1. The van der Waals surface area contributed by atoms with Crippen molar-refractivity contribution in [3.63, 3.8) is 0 Å². The molecule has 0 saturated heterocycles. The van der Waals surface area contributed by atoms with E-state index in [4.69, 9.17) is 4.74 Å². The van der Waals surface area contributed by atoms with Crippen LogP contribution in [0.4, 0.5) is 0 Å². The maximum Gasteiger partial charge on any atom is 0.341 e. The van der Waals surface area contributed by atoms with Crippen LogP contribution >= 0.6 is 0 Å². The number of hydrogen-bond donors (Lipinski definition) is 1. The molecule has 1 atom stereocenters. The molecule has 21 heavy (non-hydrogen) atoms. The lowest BCUT2D eigenvalue weighted by molar-refractivity contribution is 0.0524. The van der Waals surface area contributed by atoms with Gasteiger partial charge in [-0.05, 0) is 19.9 Å². The van der Waals surface area contributed by atoms with Crippen LogP contribution in [0, 0.1) is 0 Å². The van der Waals surface area contributed by atoms with E-state index in [9.17, 15) is 4.79 Å². The molecular weight excluding hydrogens is 270 g/mol. The van der Waals surface area contributed by atoms with Crippen LogP contribution in [0.25, 0.3) is 0 Å². The second kappa shape index (κ2) is 7.03. The van der Waals surface area contributed by atoms with Crippen LogP contribution in [-0.2, 0) is 24.9 Å². The Kier molecular flexibility index (Phi) is 5.10. The molecule has 0 radical (unpaired) electrons. The minimum absolute atomic E-state index is 0.217. The van der Waals surface area contributed by atoms with E-state index in [-0.39, 0.29) is 12.0 Å². The molecule has 114 valence electrons. The van der Waals surface area contributed by atoms with Crippen molar-refractivity contribution in [2.75, 3.05) is 6.61 Å². The largest absolute Gasteiger partial charge is 0.462 e. The highest BCUT2D eigenvalue weighted by Crippen LogP contribution is 2.09. The summed E-state index contributed by atoms with van der Waals surface area (Å²) in [7, 11) is 1.82. The van der Waals surface area contributed by atoms with Crippen molar-refractivity contribution in [3.05, 3.63) is 35.9 Å². The summed E-state index contributed by atoms with van der Waals surface area (Å²) in [6.45, 7) is 5.53. The molecule has 0 saturated carbocycles. The van der Waals surface area contributed by atoms with Crippen LogP contribution in [0.15, 0.2) is 24.7 Å². The highest BCUT2D eigenvalue weighted by atomic mass is 16.5. The van der Waals surface area contributed by atoms with Crippen molar-refractivity contribution in [2.24, 2.45) is 7.05 Å². The van der Waals surface area contributed by atoms with Crippen molar-refractivity contribution in [2.45, 2.75) is 33.0 Å². The van der Waals surface area contributed by atoms with Gasteiger partial charge in [0.1, 0.15) is 5.56 Å². The van der Waals surface area contributed by atoms with E-state index in [1.165, 1.54) is 0 Å². The van der Waals surface area contributed by atoms with Gasteiger partial charge in [0, 0.05) is 32.0 Å². The molecule has 7 nitrogen and oxygen atoms in total. The SMILES string of the molecule is CCOC(=O)c1cnn(C)c1CNC(C)Cn1cccn1. The van der Waals surface area contributed by atoms with Crippen molar-refractivity contribution in [1.82, 2.24) is 24.9 Å². The number of esters is 1. The topological polar surface area (TPSA) is 74.0 Å². The average molecular weight is 291 g/mol. The third-order valence-corrected chi connectivity index (χ3v) is 3.19. The van der Waals surface area contributed by atoms with Crippen LogP contribution in [0.2, 0.25) is 0 Å². The highest BCUT2D eigenvalue weighted by molar-refractivity contribution is 5.90. The van der Waals surface area contributed by atoms with Gasteiger partial charge < -0.3 is 10.1 Å². The quantitative estimate of drug-likeness (QED) is 0.770. The standard InChI is InChI=1S/C14H21N5O2/c1-4-21-14(20)12-8-17-18(3)13(12)9-15-11(2)10-19-7-5-6-16-19/h5-8,11,15H,4,9-10H2,1-3H3. The van der Waals surface area contributed by atoms with Crippen LogP contribution in [0.5, 0.6) is 0 Å². The molecule has 0 amide bonds. The fourth-order valence-corrected chi connectivity index (χ4v) is 2.08. The number of aromatic nitrogens is 4. The predicted molar refractivity (Wildman–Crippen MR) is 77.7 cm³/mol. The number of nitrogens with zero attached hydrogens (tertiary/aromatic N) is 4. The summed E-state index contributed by atoms with van der Waals surface area (Å²) in [4.78, 5) is 11.9. The van der Waals surface area contributed by atoms with Gasteiger partial charge in [0.2, 0.25) is 0 Å². The Bertz CT molecular complexity index is 576. The van der Waals surface area contributed by atoms with E-state index < -0.39 is 0 Å². The number of ether oxygens (including phenoxy) is 1. The van der Waals surface area contributed by atoms with Gasteiger partial charge in [-0.3, -0.25) is 9.36 Å². The van der Waals surface area contributed by atoms with Crippen molar-refractivity contribution in [3.8, 4) is 0 Å². The zero-order chi connectivity index (χ0) is 15.2. The van der Waals surface area contributed by atoms with E-state index in [0.29, 0.717) is 18.7 Å². The second-order valence-electron chi connectivity index (χ2n) is 4.86. The summed E-state index contributed by atoms with van der Waals surface area (Å²) in [5.41, 5.74) is 1.33. The van der Waals surface area contributed by atoms with Gasteiger partial charge in [-0.25, -0.2) is 4.79 Å². The second-order valence-corrected chi connectivity index (χ2v) is 4.86. The zero-order valence-electron chi connectivity index (χ0n) is 12.6. The summed E-state index contributed by atoms with van der Waals surface area (Å²) in [5.74, 6) is -0.331. The number of aryl methyl sites for hydroxylation is 1. The fourth-order valence-electron chi connectivity index (χ4n) is 2.08. The first kappa shape index (κ1) is 15.2. The molecule has 2 aromatic heterocycles. The number of rotatable bonds is 7. The van der Waals surface area contributed by atoms with Crippen molar-refractivity contribution >= 4 is 5.97 Å². The van der Waals surface area contributed by atoms with Gasteiger partial charge in [0.15, 0.2) is 0 Å². The number of carbonyl (C=O) groups excluding carboxylic acids is 1.